The molecule has 5 heteroatoms. The molecule has 5 nitrogen and oxygen atoms in total. The van der Waals surface area contributed by atoms with Gasteiger partial charge in [-0.2, -0.15) is 5.10 Å². The van der Waals surface area contributed by atoms with Crippen LogP contribution in [0.15, 0.2) is 0 Å². The van der Waals surface area contributed by atoms with E-state index in [-0.39, 0.29) is 0 Å². The second-order valence-electron chi connectivity index (χ2n) is 4.74. The monoisotopic (exact) mass is 239 g/mol. The summed E-state index contributed by atoms with van der Waals surface area (Å²) in [6, 6.07) is 0. The molecule has 0 amide bonds. The Hall–Kier alpha value is -1.23. The van der Waals surface area contributed by atoms with Crippen LogP contribution in [0, 0.1) is 6.92 Å². The maximum Gasteiger partial charge on any atom is 0.150 e. The van der Waals surface area contributed by atoms with Crippen LogP contribution in [0.1, 0.15) is 19.0 Å². The Morgan fingerprint density at radius 3 is 2.29 bits per heavy atom. The lowest BCUT2D eigenvalue weighted by Gasteiger charge is -2.26. The van der Waals surface area contributed by atoms with Crippen LogP contribution >= 0.6 is 0 Å². The largest absolute Gasteiger partial charge is 0.394 e. The number of nitrogens with zero attached hydrogens (tertiary/aromatic N) is 4. The van der Waals surface area contributed by atoms with Gasteiger partial charge in [0.2, 0.25) is 0 Å². The Labute approximate surface area is 104 Å². The van der Waals surface area contributed by atoms with Gasteiger partial charge in [0.05, 0.1) is 11.4 Å². The molecule has 0 aliphatic rings. The van der Waals surface area contributed by atoms with Gasteiger partial charge in [-0.05, 0) is 27.4 Å². The van der Waals surface area contributed by atoms with Crippen molar-refractivity contribution >= 4 is 11.5 Å². The summed E-state index contributed by atoms with van der Waals surface area (Å²) in [7, 11) is 6.13. The highest BCUT2D eigenvalue weighted by atomic mass is 15.4. The van der Waals surface area contributed by atoms with Crippen molar-refractivity contribution in [3.63, 3.8) is 0 Å². The summed E-state index contributed by atoms with van der Waals surface area (Å²) in [5.41, 5.74) is 7.82. The van der Waals surface area contributed by atoms with Gasteiger partial charge < -0.3 is 15.5 Å². The van der Waals surface area contributed by atoms with Gasteiger partial charge in [-0.3, -0.25) is 4.68 Å². The van der Waals surface area contributed by atoms with E-state index in [1.807, 2.05) is 18.7 Å². The Bertz CT molecular complexity index is 356. The number of nitrogens with two attached hydrogens (primary N) is 1. The van der Waals surface area contributed by atoms with E-state index in [2.05, 4.69) is 35.9 Å². The molecule has 17 heavy (non-hydrogen) atoms. The second-order valence-corrected chi connectivity index (χ2v) is 4.74. The maximum atomic E-state index is 6.10. The summed E-state index contributed by atoms with van der Waals surface area (Å²) < 4.78 is 1.88. The Morgan fingerprint density at radius 2 is 1.88 bits per heavy atom. The van der Waals surface area contributed by atoms with Crippen LogP contribution in [0.2, 0.25) is 0 Å². The van der Waals surface area contributed by atoms with Crippen LogP contribution in [0.5, 0.6) is 0 Å². The third-order valence-electron chi connectivity index (χ3n) is 2.85. The molecule has 1 heterocycles. The Balaban J connectivity index is 2.88. The van der Waals surface area contributed by atoms with Crippen LogP contribution in [0.4, 0.5) is 11.5 Å². The summed E-state index contributed by atoms with van der Waals surface area (Å²) in [4.78, 5) is 4.50. The zero-order valence-corrected chi connectivity index (χ0v) is 11.7. The van der Waals surface area contributed by atoms with Gasteiger partial charge >= 0.3 is 0 Å². The smallest absolute Gasteiger partial charge is 0.150 e. The fraction of sp³-hybridized carbons (Fsp3) is 0.750. The predicted octanol–water partition coefficient (Wildman–Crippen LogP) is 1.09. The quantitative estimate of drug-likeness (QED) is 0.807. The number of hydrogen-bond acceptors (Lipinski definition) is 4. The first-order valence-electron chi connectivity index (χ1n) is 6.16. The first-order valence-corrected chi connectivity index (χ1v) is 6.16. The molecule has 0 saturated carbocycles. The van der Waals surface area contributed by atoms with Crippen LogP contribution in [-0.2, 0) is 7.05 Å². The average molecular weight is 239 g/mol. The summed E-state index contributed by atoms with van der Waals surface area (Å²) in [6.45, 7) is 7.14. The molecule has 0 bridgehead atoms. The van der Waals surface area contributed by atoms with Gasteiger partial charge in [-0.1, -0.05) is 6.92 Å². The molecule has 2 N–H and O–H groups in total. The minimum Gasteiger partial charge on any atom is -0.394 e. The Morgan fingerprint density at radius 1 is 1.24 bits per heavy atom. The highest BCUT2D eigenvalue weighted by molar-refractivity contribution is 5.66. The van der Waals surface area contributed by atoms with Crippen LogP contribution in [0.3, 0.4) is 0 Å². The molecule has 0 aliphatic heterocycles. The number of nitrogen functional groups attached to an aromatic ring is 1. The molecule has 0 aromatic carbocycles. The number of aryl methyl sites for hydroxylation is 2. The molecule has 1 aromatic heterocycles. The zero-order chi connectivity index (χ0) is 13.0. The first kappa shape index (κ1) is 13.8. The average Bonchev–Trinajstić information content (AvgIpc) is 2.49. The SMILES string of the molecule is CCCN(CCN(C)C)c1c(N)c(C)nn1C. The minimum absolute atomic E-state index is 0.805. The molecule has 0 aliphatic carbocycles. The highest BCUT2D eigenvalue weighted by Crippen LogP contribution is 2.25. The van der Waals surface area contributed by atoms with Crippen molar-refractivity contribution < 1.29 is 0 Å². The van der Waals surface area contributed by atoms with Crippen molar-refractivity contribution in [2.24, 2.45) is 7.05 Å². The molecule has 98 valence electrons. The molecule has 0 fully saturated rings. The van der Waals surface area contributed by atoms with Crippen LogP contribution < -0.4 is 10.6 Å². The predicted molar refractivity (Wildman–Crippen MR) is 73.4 cm³/mol. The van der Waals surface area contributed by atoms with Crippen LogP contribution in [0.25, 0.3) is 0 Å². The van der Waals surface area contributed by atoms with Gasteiger partial charge in [-0.15, -0.1) is 0 Å². The van der Waals surface area contributed by atoms with E-state index in [9.17, 15) is 0 Å². The van der Waals surface area contributed by atoms with Gasteiger partial charge in [0, 0.05) is 26.7 Å². The summed E-state index contributed by atoms with van der Waals surface area (Å²) in [6.07, 6.45) is 1.11. The molecule has 1 aromatic rings. The highest BCUT2D eigenvalue weighted by Gasteiger charge is 2.16. The van der Waals surface area contributed by atoms with E-state index < -0.39 is 0 Å². The molecular weight excluding hydrogens is 214 g/mol. The van der Waals surface area contributed by atoms with Crippen molar-refractivity contribution in [2.75, 3.05) is 44.4 Å². The van der Waals surface area contributed by atoms with Crippen molar-refractivity contribution in [2.45, 2.75) is 20.3 Å². The minimum atomic E-state index is 0.805. The summed E-state index contributed by atoms with van der Waals surface area (Å²) in [5, 5.41) is 4.38. The fourth-order valence-electron chi connectivity index (χ4n) is 1.95. The number of aromatic nitrogens is 2. The topological polar surface area (TPSA) is 50.3 Å². The third kappa shape index (κ3) is 3.36. The van der Waals surface area contributed by atoms with E-state index in [1.54, 1.807) is 0 Å². The molecule has 0 radical (unpaired) electrons. The fourth-order valence-corrected chi connectivity index (χ4v) is 1.95. The normalized spacial score (nSPS) is 11.2. The van der Waals surface area contributed by atoms with E-state index in [0.29, 0.717) is 0 Å². The molecule has 1 rings (SSSR count). The summed E-state index contributed by atoms with van der Waals surface area (Å²) >= 11 is 0. The van der Waals surface area contributed by atoms with E-state index >= 15 is 0 Å². The van der Waals surface area contributed by atoms with Gasteiger partial charge in [0.15, 0.2) is 0 Å². The number of rotatable bonds is 6. The molecule has 0 spiro atoms. The lowest BCUT2D eigenvalue weighted by molar-refractivity contribution is 0.411. The van der Waals surface area contributed by atoms with Gasteiger partial charge in [0.1, 0.15) is 5.82 Å². The van der Waals surface area contributed by atoms with Crippen LogP contribution in [-0.4, -0.2) is 48.4 Å². The summed E-state index contributed by atoms with van der Waals surface area (Å²) in [5.74, 6) is 1.05. The maximum absolute atomic E-state index is 6.10. The lowest BCUT2D eigenvalue weighted by atomic mass is 10.3. The van der Waals surface area contributed by atoms with Gasteiger partial charge in [0.25, 0.3) is 0 Å². The van der Waals surface area contributed by atoms with Crippen molar-refractivity contribution in [3.8, 4) is 0 Å². The third-order valence-corrected chi connectivity index (χ3v) is 2.85. The number of hydrogen-bond donors (Lipinski definition) is 1. The molecule has 0 atom stereocenters. The molecular formula is C12H25N5. The second kappa shape index (κ2) is 5.91. The lowest BCUT2D eigenvalue weighted by Crippen LogP contribution is -2.34. The van der Waals surface area contributed by atoms with E-state index in [0.717, 1.165) is 43.3 Å². The van der Waals surface area contributed by atoms with Crippen molar-refractivity contribution in [1.82, 2.24) is 14.7 Å². The Kier molecular flexibility index (Phi) is 4.81. The first-order chi connectivity index (χ1) is 7.97. The number of anilines is 2. The molecule has 0 unspecified atom stereocenters. The van der Waals surface area contributed by atoms with Gasteiger partial charge in [-0.25, -0.2) is 0 Å². The van der Waals surface area contributed by atoms with Crippen molar-refractivity contribution in [1.29, 1.82) is 0 Å². The van der Waals surface area contributed by atoms with Crippen molar-refractivity contribution in [3.05, 3.63) is 5.69 Å². The zero-order valence-electron chi connectivity index (χ0n) is 11.7. The molecule has 0 saturated heterocycles. The number of likely N-dealkylation sites (N-methyl/N-ethyl adjacent to an activating group) is 1. The van der Waals surface area contributed by atoms with E-state index in [1.165, 1.54) is 0 Å². The van der Waals surface area contributed by atoms with E-state index in [4.69, 9.17) is 5.73 Å². The standard InChI is InChI=1S/C12H25N5/c1-6-7-17(9-8-15(3)4)12-11(13)10(2)14-16(12)5/h6-9,13H2,1-5H3.